The van der Waals surface area contributed by atoms with Crippen molar-refractivity contribution in [3.05, 3.63) is 65.2 Å². The zero-order chi connectivity index (χ0) is 14.7. The van der Waals surface area contributed by atoms with Crippen LogP contribution < -0.4 is 0 Å². The molecule has 0 fully saturated rings. The molecular formula is C17H15NOS2. The molecule has 0 saturated carbocycles. The summed E-state index contributed by atoms with van der Waals surface area (Å²) in [4.78, 5) is 5.74. The van der Waals surface area contributed by atoms with E-state index in [9.17, 15) is 5.11 Å². The SMILES string of the molecule is Cc1ccc(-c2nc(CSc3cccc(O)c3)cs2)cc1. The van der Waals surface area contributed by atoms with E-state index in [1.807, 2.05) is 12.1 Å². The maximum atomic E-state index is 9.46. The Morgan fingerprint density at radius 2 is 1.95 bits per heavy atom. The molecule has 2 nitrogen and oxygen atoms in total. The highest BCUT2D eigenvalue weighted by molar-refractivity contribution is 7.98. The van der Waals surface area contributed by atoms with Crippen molar-refractivity contribution < 1.29 is 5.11 Å². The third-order valence-electron chi connectivity index (χ3n) is 3.05. The Labute approximate surface area is 132 Å². The average molecular weight is 313 g/mol. The van der Waals surface area contributed by atoms with E-state index in [4.69, 9.17) is 0 Å². The average Bonchev–Trinajstić information content (AvgIpc) is 2.95. The predicted octanol–water partition coefficient (Wildman–Crippen LogP) is 5.12. The van der Waals surface area contributed by atoms with Crippen LogP contribution in [0.3, 0.4) is 0 Å². The van der Waals surface area contributed by atoms with Crippen molar-refractivity contribution in [3.63, 3.8) is 0 Å². The Kier molecular flexibility index (Phi) is 4.27. The van der Waals surface area contributed by atoms with Gasteiger partial charge in [0.2, 0.25) is 0 Å². The fourth-order valence-corrected chi connectivity index (χ4v) is 3.71. The van der Waals surface area contributed by atoms with Gasteiger partial charge in [-0.3, -0.25) is 0 Å². The number of aryl methyl sites for hydroxylation is 1. The number of hydrogen-bond donors (Lipinski definition) is 1. The normalized spacial score (nSPS) is 10.7. The lowest BCUT2D eigenvalue weighted by Crippen LogP contribution is -1.82. The molecule has 0 bridgehead atoms. The minimum atomic E-state index is 0.304. The van der Waals surface area contributed by atoms with Crippen LogP contribution in [0.5, 0.6) is 5.75 Å². The summed E-state index contributed by atoms with van der Waals surface area (Å²) >= 11 is 3.36. The van der Waals surface area contributed by atoms with Gasteiger partial charge >= 0.3 is 0 Å². The van der Waals surface area contributed by atoms with Crippen molar-refractivity contribution in [3.8, 4) is 16.3 Å². The van der Waals surface area contributed by atoms with Crippen LogP contribution in [0.1, 0.15) is 11.3 Å². The molecule has 3 rings (SSSR count). The maximum absolute atomic E-state index is 9.46. The molecule has 0 aliphatic heterocycles. The van der Waals surface area contributed by atoms with Crippen LogP contribution in [0.15, 0.2) is 58.8 Å². The van der Waals surface area contributed by atoms with E-state index in [1.54, 1.807) is 35.2 Å². The largest absolute Gasteiger partial charge is 0.508 e. The molecule has 0 unspecified atom stereocenters. The van der Waals surface area contributed by atoms with Gasteiger partial charge in [-0.25, -0.2) is 4.98 Å². The summed E-state index contributed by atoms with van der Waals surface area (Å²) in [7, 11) is 0. The molecule has 1 N–H and O–H groups in total. The van der Waals surface area contributed by atoms with E-state index >= 15 is 0 Å². The minimum absolute atomic E-state index is 0.304. The van der Waals surface area contributed by atoms with E-state index in [0.29, 0.717) is 5.75 Å². The molecule has 0 spiro atoms. The van der Waals surface area contributed by atoms with Gasteiger partial charge in [-0.15, -0.1) is 23.1 Å². The molecule has 0 saturated heterocycles. The van der Waals surface area contributed by atoms with E-state index in [2.05, 4.69) is 41.6 Å². The lowest BCUT2D eigenvalue weighted by atomic mass is 10.2. The summed E-state index contributed by atoms with van der Waals surface area (Å²) in [5, 5.41) is 12.6. The molecule has 0 radical (unpaired) electrons. The third-order valence-corrected chi connectivity index (χ3v) is 5.02. The van der Waals surface area contributed by atoms with Gasteiger partial charge in [0, 0.05) is 21.6 Å². The van der Waals surface area contributed by atoms with E-state index < -0.39 is 0 Å². The maximum Gasteiger partial charge on any atom is 0.123 e. The number of hydrogen-bond acceptors (Lipinski definition) is 4. The first-order valence-electron chi connectivity index (χ1n) is 6.64. The molecule has 0 aliphatic carbocycles. The number of rotatable bonds is 4. The Balaban J connectivity index is 1.69. The lowest BCUT2D eigenvalue weighted by molar-refractivity contribution is 0.474. The van der Waals surface area contributed by atoms with Crippen molar-refractivity contribution >= 4 is 23.1 Å². The smallest absolute Gasteiger partial charge is 0.123 e. The predicted molar refractivity (Wildman–Crippen MR) is 90.0 cm³/mol. The van der Waals surface area contributed by atoms with Crippen molar-refractivity contribution in [1.29, 1.82) is 0 Å². The van der Waals surface area contributed by atoms with Crippen molar-refractivity contribution in [1.82, 2.24) is 4.98 Å². The molecule has 1 heterocycles. The van der Waals surface area contributed by atoms with Gasteiger partial charge in [0.25, 0.3) is 0 Å². The van der Waals surface area contributed by atoms with Gasteiger partial charge in [-0.1, -0.05) is 35.9 Å². The standard InChI is InChI=1S/C17H15NOS2/c1-12-5-7-13(8-6-12)17-18-14(11-21-17)10-20-16-4-2-3-15(19)9-16/h2-9,11,19H,10H2,1H3. The third kappa shape index (κ3) is 3.65. The molecule has 0 atom stereocenters. The van der Waals surface area contributed by atoms with Crippen molar-refractivity contribution in [2.75, 3.05) is 0 Å². The first kappa shape index (κ1) is 14.2. The Hall–Kier alpha value is -1.78. The number of thiazole rings is 1. The zero-order valence-corrected chi connectivity index (χ0v) is 13.2. The summed E-state index contributed by atoms with van der Waals surface area (Å²) in [6.07, 6.45) is 0. The van der Waals surface area contributed by atoms with Gasteiger partial charge < -0.3 is 5.11 Å². The summed E-state index contributed by atoms with van der Waals surface area (Å²) in [5.41, 5.74) is 3.50. The molecule has 1 aromatic heterocycles. The van der Waals surface area contributed by atoms with Crippen LogP contribution in [0.25, 0.3) is 10.6 Å². The summed E-state index contributed by atoms with van der Waals surface area (Å²) in [5.74, 6) is 1.12. The van der Waals surface area contributed by atoms with E-state index in [-0.39, 0.29) is 0 Å². The Morgan fingerprint density at radius 1 is 1.14 bits per heavy atom. The molecule has 0 aliphatic rings. The molecule has 21 heavy (non-hydrogen) atoms. The van der Waals surface area contributed by atoms with Gasteiger partial charge in [0.05, 0.1) is 5.69 Å². The summed E-state index contributed by atoms with van der Waals surface area (Å²) < 4.78 is 0. The van der Waals surface area contributed by atoms with Crippen LogP contribution >= 0.6 is 23.1 Å². The first-order valence-corrected chi connectivity index (χ1v) is 8.50. The number of nitrogens with zero attached hydrogens (tertiary/aromatic N) is 1. The van der Waals surface area contributed by atoms with Crippen LogP contribution in [-0.2, 0) is 5.75 Å². The fraction of sp³-hybridized carbons (Fsp3) is 0.118. The topological polar surface area (TPSA) is 33.1 Å². The zero-order valence-electron chi connectivity index (χ0n) is 11.6. The molecule has 3 aromatic rings. The minimum Gasteiger partial charge on any atom is -0.508 e. The van der Waals surface area contributed by atoms with Crippen molar-refractivity contribution in [2.24, 2.45) is 0 Å². The van der Waals surface area contributed by atoms with Gasteiger partial charge in [0.1, 0.15) is 10.8 Å². The van der Waals surface area contributed by atoms with E-state index in [0.717, 1.165) is 21.3 Å². The second-order valence-electron chi connectivity index (χ2n) is 4.80. The number of aromatic hydroxyl groups is 1. The van der Waals surface area contributed by atoms with Crippen LogP contribution in [0.2, 0.25) is 0 Å². The molecule has 4 heteroatoms. The van der Waals surface area contributed by atoms with Crippen LogP contribution in [0.4, 0.5) is 0 Å². The lowest BCUT2D eigenvalue weighted by Gasteiger charge is -2.00. The number of aromatic nitrogens is 1. The summed E-state index contributed by atoms with van der Waals surface area (Å²) in [6, 6.07) is 15.8. The molecule has 106 valence electrons. The second kappa shape index (κ2) is 6.33. The Morgan fingerprint density at radius 3 is 2.71 bits per heavy atom. The quantitative estimate of drug-likeness (QED) is 0.679. The van der Waals surface area contributed by atoms with Gasteiger partial charge in [0.15, 0.2) is 0 Å². The van der Waals surface area contributed by atoms with E-state index in [1.165, 1.54) is 11.1 Å². The second-order valence-corrected chi connectivity index (χ2v) is 6.70. The van der Waals surface area contributed by atoms with Crippen LogP contribution in [-0.4, -0.2) is 10.1 Å². The first-order chi connectivity index (χ1) is 10.2. The molecular weight excluding hydrogens is 298 g/mol. The molecule has 2 aromatic carbocycles. The highest BCUT2D eigenvalue weighted by Gasteiger charge is 2.05. The van der Waals surface area contributed by atoms with Gasteiger partial charge in [-0.2, -0.15) is 0 Å². The monoisotopic (exact) mass is 313 g/mol. The Bertz CT molecular complexity index is 735. The number of benzene rings is 2. The van der Waals surface area contributed by atoms with Crippen LogP contribution in [0, 0.1) is 6.92 Å². The summed E-state index contributed by atoms with van der Waals surface area (Å²) in [6.45, 7) is 2.09. The van der Waals surface area contributed by atoms with Gasteiger partial charge in [-0.05, 0) is 25.1 Å². The highest BCUT2D eigenvalue weighted by Crippen LogP contribution is 2.29. The van der Waals surface area contributed by atoms with Crippen molar-refractivity contribution in [2.45, 2.75) is 17.6 Å². The fourth-order valence-electron chi connectivity index (χ4n) is 1.93. The molecule has 0 amide bonds. The number of phenols is 1. The number of thioether (sulfide) groups is 1. The number of phenolic OH excluding ortho intramolecular Hbond substituents is 1. The highest BCUT2D eigenvalue weighted by atomic mass is 32.2.